The minimum Gasteiger partial charge on any atom is -0.486 e. The number of halogens is 1. The van der Waals surface area contributed by atoms with Gasteiger partial charge in [0.2, 0.25) is 0 Å². The van der Waals surface area contributed by atoms with Crippen molar-refractivity contribution in [3.63, 3.8) is 0 Å². The third-order valence-electron chi connectivity index (χ3n) is 1.44. The minimum absolute atomic E-state index is 0.00872. The highest BCUT2D eigenvalue weighted by molar-refractivity contribution is 6.30. The monoisotopic (exact) mass is 209 g/mol. The molecule has 14 heavy (non-hydrogen) atoms. The van der Waals surface area contributed by atoms with E-state index < -0.39 is 0 Å². The second kappa shape index (κ2) is 4.64. The first-order valence-electron chi connectivity index (χ1n) is 3.95. The number of ketones is 1. The zero-order chi connectivity index (χ0) is 10.6. The molecule has 1 aromatic rings. The first-order valence-corrected chi connectivity index (χ1v) is 4.32. The molecule has 0 heterocycles. The SMILES string of the molecule is CC(=O)COc1cc(Cl)cc(C#N)c1. The maximum Gasteiger partial charge on any atom is 0.167 e. The number of hydrogen-bond donors (Lipinski definition) is 0. The molecule has 1 aromatic carbocycles. The van der Waals surface area contributed by atoms with Gasteiger partial charge in [-0.15, -0.1) is 0 Å². The van der Waals surface area contributed by atoms with E-state index in [1.165, 1.54) is 19.1 Å². The summed E-state index contributed by atoms with van der Waals surface area (Å²) in [4.78, 5) is 10.6. The van der Waals surface area contributed by atoms with E-state index in [0.717, 1.165) is 0 Å². The Morgan fingerprint density at radius 3 is 2.86 bits per heavy atom. The quantitative estimate of drug-likeness (QED) is 0.767. The van der Waals surface area contributed by atoms with Crippen LogP contribution in [0, 0.1) is 11.3 Å². The van der Waals surface area contributed by atoms with Gasteiger partial charge in [0.05, 0.1) is 11.6 Å². The molecule has 0 bridgehead atoms. The van der Waals surface area contributed by atoms with Crippen LogP contribution in [0.25, 0.3) is 0 Å². The van der Waals surface area contributed by atoms with Gasteiger partial charge in [-0.05, 0) is 25.1 Å². The Morgan fingerprint density at radius 1 is 1.57 bits per heavy atom. The van der Waals surface area contributed by atoms with Crippen LogP contribution >= 0.6 is 11.6 Å². The summed E-state index contributed by atoms with van der Waals surface area (Å²) in [5, 5.41) is 9.05. The number of nitriles is 1. The van der Waals surface area contributed by atoms with Gasteiger partial charge in [-0.1, -0.05) is 11.6 Å². The summed E-state index contributed by atoms with van der Waals surface area (Å²) in [5.74, 6) is 0.354. The lowest BCUT2D eigenvalue weighted by Crippen LogP contribution is -2.06. The Bertz CT molecular complexity index is 396. The normalized spacial score (nSPS) is 9.21. The van der Waals surface area contributed by atoms with Crippen LogP contribution in [-0.4, -0.2) is 12.4 Å². The highest BCUT2D eigenvalue weighted by atomic mass is 35.5. The van der Waals surface area contributed by atoms with Crippen molar-refractivity contribution in [2.24, 2.45) is 0 Å². The summed E-state index contributed by atoms with van der Waals surface area (Å²) in [5.41, 5.74) is 0.413. The zero-order valence-electron chi connectivity index (χ0n) is 7.58. The van der Waals surface area contributed by atoms with Gasteiger partial charge in [0, 0.05) is 5.02 Å². The fourth-order valence-electron chi connectivity index (χ4n) is 0.896. The van der Waals surface area contributed by atoms with Crippen molar-refractivity contribution in [3.8, 4) is 11.8 Å². The second-order valence-electron chi connectivity index (χ2n) is 2.78. The Morgan fingerprint density at radius 2 is 2.29 bits per heavy atom. The fourth-order valence-corrected chi connectivity index (χ4v) is 1.12. The van der Waals surface area contributed by atoms with E-state index in [1.54, 1.807) is 6.07 Å². The maximum absolute atomic E-state index is 10.6. The number of rotatable bonds is 3. The van der Waals surface area contributed by atoms with Crippen LogP contribution in [0.1, 0.15) is 12.5 Å². The molecule has 72 valence electrons. The number of carbonyl (C=O) groups is 1. The van der Waals surface area contributed by atoms with Crippen LogP contribution in [0.2, 0.25) is 5.02 Å². The first-order chi connectivity index (χ1) is 6.61. The van der Waals surface area contributed by atoms with Gasteiger partial charge in [0.15, 0.2) is 5.78 Å². The standard InChI is InChI=1S/C10H8ClNO2/c1-7(13)6-14-10-3-8(5-12)2-9(11)4-10/h2-4H,6H2,1H3. The molecule has 4 heteroatoms. The van der Waals surface area contributed by atoms with Gasteiger partial charge in [-0.25, -0.2) is 0 Å². The van der Waals surface area contributed by atoms with Crippen molar-refractivity contribution >= 4 is 17.4 Å². The van der Waals surface area contributed by atoms with E-state index in [4.69, 9.17) is 21.6 Å². The molecule has 1 rings (SSSR count). The predicted molar refractivity (Wildman–Crippen MR) is 52.3 cm³/mol. The number of Topliss-reactive ketones (excluding diaryl/α,β-unsaturated/α-hetero) is 1. The molecule has 0 N–H and O–H groups in total. The largest absolute Gasteiger partial charge is 0.486 e. The van der Waals surface area contributed by atoms with Crippen LogP contribution in [-0.2, 0) is 4.79 Å². The first kappa shape index (κ1) is 10.6. The Labute approximate surface area is 86.9 Å². The molecule has 0 unspecified atom stereocenters. The lowest BCUT2D eigenvalue weighted by atomic mass is 10.2. The van der Waals surface area contributed by atoms with E-state index in [1.807, 2.05) is 6.07 Å². The summed E-state index contributed by atoms with van der Waals surface area (Å²) in [6, 6.07) is 6.57. The van der Waals surface area contributed by atoms with Crippen molar-refractivity contribution in [2.75, 3.05) is 6.61 Å². The number of nitrogens with zero attached hydrogens (tertiary/aromatic N) is 1. The number of benzene rings is 1. The average molecular weight is 210 g/mol. The molecule has 0 saturated heterocycles. The maximum atomic E-state index is 10.6. The molecule has 0 aliphatic heterocycles. The van der Waals surface area contributed by atoms with E-state index in [-0.39, 0.29) is 12.4 Å². The highest BCUT2D eigenvalue weighted by Crippen LogP contribution is 2.20. The third-order valence-corrected chi connectivity index (χ3v) is 1.66. The van der Waals surface area contributed by atoms with Crippen LogP contribution in [0.3, 0.4) is 0 Å². The van der Waals surface area contributed by atoms with Crippen molar-refractivity contribution in [2.45, 2.75) is 6.92 Å². The summed E-state index contributed by atoms with van der Waals surface area (Å²) in [6.45, 7) is 1.42. The lowest BCUT2D eigenvalue weighted by molar-refractivity contribution is -0.118. The number of carbonyl (C=O) groups excluding carboxylic acids is 1. The third kappa shape index (κ3) is 3.08. The average Bonchev–Trinajstić information content (AvgIpc) is 2.14. The summed E-state index contributed by atoms with van der Waals surface area (Å²) in [7, 11) is 0. The number of ether oxygens (including phenoxy) is 1. The second-order valence-corrected chi connectivity index (χ2v) is 3.21. The summed E-state index contributed by atoms with van der Waals surface area (Å²) >= 11 is 5.73. The number of hydrogen-bond acceptors (Lipinski definition) is 3. The molecule has 0 amide bonds. The van der Waals surface area contributed by atoms with Gasteiger partial charge < -0.3 is 4.74 Å². The van der Waals surface area contributed by atoms with Crippen molar-refractivity contribution < 1.29 is 9.53 Å². The van der Waals surface area contributed by atoms with Crippen LogP contribution < -0.4 is 4.74 Å². The van der Waals surface area contributed by atoms with Crippen molar-refractivity contribution in [1.29, 1.82) is 5.26 Å². The van der Waals surface area contributed by atoms with Gasteiger partial charge in [0.1, 0.15) is 12.4 Å². The van der Waals surface area contributed by atoms with E-state index in [9.17, 15) is 4.79 Å². The van der Waals surface area contributed by atoms with Crippen LogP contribution in [0.4, 0.5) is 0 Å². The molecule has 0 fully saturated rings. The molecular weight excluding hydrogens is 202 g/mol. The molecule has 0 saturated carbocycles. The smallest absolute Gasteiger partial charge is 0.167 e. The molecule has 0 aromatic heterocycles. The van der Waals surface area contributed by atoms with Gasteiger partial charge in [-0.3, -0.25) is 4.79 Å². The molecular formula is C10H8ClNO2. The van der Waals surface area contributed by atoms with E-state index in [0.29, 0.717) is 16.3 Å². The molecule has 0 aliphatic rings. The van der Waals surface area contributed by atoms with Gasteiger partial charge >= 0.3 is 0 Å². The Kier molecular flexibility index (Phi) is 3.49. The molecule has 3 nitrogen and oxygen atoms in total. The summed E-state index contributed by atoms with van der Waals surface area (Å²) in [6.07, 6.45) is 0. The highest BCUT2D eigenvalue weighted by Gasteiger charge is 2.01. The minimum atomic E-state index is -0.0801. The Hall–Kier alpha value is -1.53. The lowest BCUT2D eigenvalue weighted by Gasteiger charge is -2.04. The van der Waals surface area contributed by atoms with E-state index >= 15 is 0 Å². The van der Waals surface area contributed by atoms with Crippen molar-refractivity contribution in [1.82, 2.24) is 0 Å². The van der Waals surface area contributed by atoms with Gasteiger partial charge in [0.25, 0.3) is 0 Å². The van der Waals surface area contributed by atoms with Gasteiger partial charge in [-0.2, -0.15) is 5.26 Å². The Balaban J connectivity index is 2.82. The predicted octanol–water partition coefficient (Wildman–Crippen LogP) is 2.18. The van der Waals surface area contributed by atoms with Crippen LogP contribution in [0.5, 0.6) is 5.75 Å². The van der Waals surface area contributed by atoms with Crippen molar-refractivity contribution in [3.05, 3.63) is 28.8 Å². The van der Waals surface area contributed by atoms with E-state index in [2.05, 4.69) is 0 Å². The summed E-state index contributed by atoms with van der Waals surface area (Å²) < 4.78 is 5.11. The fraction of sp³-hybridized carbons (Fsp3) is 0.200. The van der Waals surface area contributed by atoms with Crippen LogP contribution in [0.15, 0.2) is 18.2 Å². The molecule has 0 spiro atoms. The molecule has 0 aliphatic carbocycles. The molecule has 0 radical (unpaired) electrons. The zero-order valence-corrected chi connectivity index (χ0v) is 8.34. The molecule has 0 atom stereocenters. The topological polar surface area (TPSA) is 50.1 Å².